The van der Waals surface area contributed by atoms with Gasteiger partial charge in [0.25, 0.3) is 5.91 Å². The van der Waals surface area contributed by atoms with Gasteiger partial charge in [-0.3, -0.25) is 4.79 Å². The highest BCUT2D eigenvalue weighted by molar-refractivity contribution is 5.94. The van der Waals surface area contributed by atoms with Gasteiger partial charge in [-0.05, 0) is 31.0 Å². The summed E-state index contributed by atoms with van der Waals surface area (Å²) in [6, 6.07) is 5.40. The predicted octanol–water partition coefficient (Wildman–Crippen LogP) is 1.48. The average Bonchev–Trinajstić information content (AvgIpc) is 2.35. The fourth-order valence-electron chi connectivity index (χ4n) is 1.37. The molecule has 0 saturated carbocycles. The lowest BCUT2D eigenvalue weighted by Gasteiger charge is -2.05. The number of benzene rings is 1. The van der Waals surface area contributed by atoms with Crippen molar-refractivity contribution in [2.45, 2.75) is 20.3 Å². The molecule has 90 valence electrons. The lowest BCUT2D eigenvalue weighted by Crippen LogP contribution is -2.24. The zero-order chi connectivity index (χ0) is 12.7. The molecule has 0 aliphatic carbocycles. The summed E-state index contributed by atoms with van der Waals surface area (Å²) in [5, 5.41) is 11.5. The third-order valence-corrected chi connectivity index (χ3v) is 2.34. The molecule has 2 N–H and O–H groups in total. The van der Waals surface area contributed by atoms with Crippen LogP contribution in [0.15, 0.2) is 18.2 Å². The molecule has 3 heteroatoms. The van der Waals surface area contributed by atoms with Gasteiger partial charge in [-0.15, -0.1) is 0 Å². The molecule has 0 radical (unpaired) electrons. The smallest absolute Gasteiger partial charge is 0.251 e. The Kier molecular flexibility index (Phi) is 5.25. The maximum absolute atomic E-state index is 11.7. The molecule has 0 atom stereocenters. The van der Waals surface area contributed by atoms with Crippen molar-refractivity contribution in [3.8, 4) is 11.8 Å². The average molecular weight is 231 g/mol. The zero-order valence-electron chi connectivity index (χ0n) is 10.2. The second-order valence-corrected chi connectivity index (χ2v) is 3.75. The molecular formula is C14H17NO2. The summed E-state index contributed by atoms with van der Waals surface area (Å²) in [4.78, 5) is 11.7. The van der Waals surface area contributed by atoms with Crippen LogP contribution in [-0.2, 0) is 0 Å². The zero-order valence-corrected chi connectivity index (χ0v) is 10.2. The maximum Gasteiger partial charge on any atom is 0.251 e. The lowest BCUT2D eigenvalue weighted by atomic mass is 10.0. The van der Waals surface area contributed by atoms with Crippen molar-refractivity contribution in [2.24, 2.45) is 0 Å². The van der Waals surface area contributed by atoms with Crippen LogP contribution in [0.3, 0.4) is 0 Å². The fourth-order valence-corrected chi connectivity index (χ4v) is 1.37. The van der Waals surface area contributed by atoms with Crippen molar-refractivity contribution >= 4 is 5.91 Å². The number of hydrogen-bond donors (Lipinski definition) is 2. The number of aliphatic hydroxyl groups excluding tert-OH is 1. The van der Waals surface area contributed by atoms with Gasteiger partial charge in [0.2, 0.25) is 0 Å². The molecule has 1 aromatic carbocycles. The van der Waals surface area contributed by atoms with Crippen molar-refractivity contribution in [2.75, 3.05) is 13.2 Å². The van der Waals surface area contributed by atoms with Crippen molar-refractivity contribution in [1.29, 1.82) is 0 Å². The van der Waals surface area contributed by atoms with Crippen LogP contribution in [0, 0.1) is 18.8 Å². The maximum atomic E-state index is 11.7. The van der Waals surface area contributed by atoms with Crippen molar-refractivity contribution in [3.63, 3.8) is 0 Å². The van der Waals surface area contributed by atoms with E-state index < -0.39 is 0 Å². The van der Waals surface area contributed by atoms with Crippen molar-refractivity contribution < 1.29 is 9.90 Å². The Balaban J connectivity index is 2.91. The fraction of sp³-hybridized carbons (Fsp3) is 0.357. The van der Waals surface area contributed by atoms with Gasteiger partial charge < -0.3 is 10.4 Å². The molecule has 0 saturated heterocycles. The molecule has 0 unspecified atom stereocenters. The van der Waals surface area contributed by atoms with E-state index >= 15 is 0 Å². The van der Waals surface area contributed by atoms with Crippen LogP contribution in [0.5, 0.6) is 0 Å². The molecule has 0 spiro atoms. The van der Waals surface area contributed by atoms with E-state index in [0.29, 0.717) is 12.1 Å². The van der Waals surface area contributed by atoms with Crippen molar-refractivity contribution in [1.82, 2.24) is 5.32 Å². The number of carbonyl (C=O) groups excluding carboxylic acids is 1. The molecule has 1 rings (SSSR count). The van der Waals surface area contributed by atoms with Crippen LogP contribution in [0.4, 0.5) is 0 Å². The number of aliphatic hydroxyl groups is 1. The first-order valence-electron chi connectivity index (χ1n) is 5.67. The molecule has 0 aromatic heterocycles. The van der Waals surface area contributed by atoms with E-state index in [1.54, 1.807) is 12.1 Å². The molecule has 0 bridgehead atoms. The Morgan fingerprint density at radius 1 is 1.47 bits per heavy atom. The minimum Gasteiger partial charge on any atom is -0.384 e. The monoisotopic (exact) mass is 231 g/mol. The standard InChI is InChI=1S/C14H17NO2/c1-3-8-15-14(17)13-7-6-11(2)12(10-13)5-4-9-16/h6-7,10,16H,3,8-9H2,1-2H3,(H,15,17). The van der Waals surface area contributed by atoms with Gasteiger partial charge in [0, 0.05) is 17.7 Å². The first kappa shape index (κ1) is 13.3. The van der Waals surface area contributed by atoms with Crippen LogP contribution < -0.4 is 5.32 Å². The number of carbonyl (C=O) groups is 1. The van der Waals surface area contributed by atoms with Crippen molar-refractivity contribution in [3.05, 3.63) is 34.9 Å². The summed E-state index contributed by atoms with van der Waals surface area (Å²) >= 11 is 0. The molecule has 0 aliphatic heterocycles. The minimum atomic E-state index is -0.175. The number of aryl methyl sites for hydroxylation is 1. The Morgan fingerprint density at radius 3 is 2.88 bits per heavy atom. The van der Waals surface area contributed by atoms with Gasteiger partial charge in [-0.1, -0.05) is 24.8 Å². The number of amides is 1. The third kappa shape index (κ3) is 3.93. The molecule has 0 fully saturated rings. The highest BCUT2D eigenvalue weighted by Gasteiger charge is 2.05. The topological polar surface area (TPSA) is 49.3 Å². The molecule has 3 nitrogen and oxygen atoms in total. The van der Waals surface area contributed by atoms with E-state index in [2.05, 4.69) is 17.2 Å². The summed E-state index contributed by atoms with van der Waals surface area (Å²) in [6.07, 6.45) is 0.911. The molecule has 17 heavy (non-hydrogen) atoms. The van der Waals surface area contributed by atoms with E-state index in [0.717, 1.165) is 17.5 Å². The Labute approximate surface area is 102 Å². The van der Waals surface area contributed by atoms with E-state index in [1.165, 1.54) is 0 Å². The van der Waals surface area contributed by atoms with Crippen LogP contribution >= 0.6 is 0 Å². The summed E-state index contributed by atoms with van der Waals surface area (Å²) in [7, 11) is 0. The van der Waals surface area contributed by atoms with E-state index in [4.69, 9.17) is 5.11 Å². The molecular weight excluding hydrogens is 214 g/mol. The minimum absolute atomic E-state index is 0.0844. The van der Waals surface area contributed by atoms with E-state index in [9.17, 15) is 4.79 Å². The summed E-state index contributed by atoms with van der Waals surface area (Å²) in [5.74, 6) is 5.34. The summed E-state index contributed by atoms with van der Waals surface area (Å²) in [5.41, 5.74) is 2.38. The summed E-state index contributed by atoms with van der Waals surface area (Å²) in [6.45, 7) is 4.43. The van der Waals surface area contributed by atoms with E-state index in [1.807, 2.05) is 19.9 Å². The lowest BCUT2D eigenvalue weighted by molar-refractivity contribution is 0.0953. The highest BCUT2D eigenvalue weighted by atomic mass is 16.2. The number of nitrogens with one attached hydrogen (secondary N) is 1. The molecule has 1 aromatic rings. The van der Waals surface area contributed by atoms with Gasteiger partial charge in [-0.2, -0.15) is 0 Å². The van der Waals surface area contributed by atoms with Crippen LogP contribution in [0.25, 0.3) is 0 Å². The SMILES string of the molecule is CCCNC(=O)c1ccc(C)c(C#CCO)c1. The second-order valence-electron chi connectivity index (χ2n) is 3.75. The largest absolute Gasteiger partial charge is 0.384 e. The van der Waals surface area contributed by atoms with Gasteiger partial charge in [-0.25, -0.2) is 0 Å². The first-order valence-corrected chi connectivity index (χ1v) is 5.67. The summed E-state index contributed by atoms with van der Waals surface area (Å²) < 4.78 is 0. The first-order chi connectivity index (χ1) is 8.19. The van der Waals surface area contributed by atoms with Crippen LogP contribution in [0.1, 0.15) is 34.8 Å². The van der Waals surface area contributed by atoms with Gasteiger partial charge in [0.15, 0.2) is 0 Å². The highest BCUT2D eigenvalue weighted by Crippen LogP contribution is 2.10. The van der Waals surface area contributed by atoms with E-state index in [-0.39, 0.29) is 12.5 Å². The third-order valence-electron chi connectivity index (χ3n) is 2.34. The van der Waals surface area contributed by atoms with Crippen LogP contribution in [-0.4, -0.2) is 24.2 Å². The van der Waals surface area contributed by atoms with Crippen LogP contribution in [0.2, 0.25) is 0 Å². The number of hydrogen-bond acceptors (Lipinski definition) is 2. The Morgan fingerprint density at radius 2 is 2.24 bits per heavy atom. The molecule has 0 heterocycles. The van der Waals surface area contributed by atoms with Gasteiger partial charge >= 0.3 is 0 Å². The predicted molar refractivity (Wildman–Crippen MR) is 67.8 cm³/mol. The molecule has 1 amide bonds. The second kappa shape index (κ2) is 6.72. The van der Waals surface area contributed by atoms with Gasteiger partial charge in [0.1, 0.15) is 6.61 Å². The number of rotatable bonds is 3. The Bertz CT molecular complexity index is 455. The van der Waals surface area contributed by atoms with Gasteiger partial charge in [0.05, 0.1) is 0 Å². The normalized spacial score (nSPS) is 9.35. The Hall–Kier alpha value is -1.79. The quantitative estimate of drug-likeness (QED) is 0.774. The molecule has 0 aliphatic rings.